The third kappa shape index (κ3) is 5.49. The van der Waals surface area contributed by atoms with Gasteiger partial charge in [0.25, 0.3) is 0 Å². The van der Waals surface area contributed by atoms with Crippen molar-refractivity contribution in [3.05, 3.63) is 83.0 Å². The Labute approximate surface area is 164 Å². The van der Waals surface area contributed by atoms with Gasteiger partial charge in [0.15, 0.2) is 0 Å². The fourth-order valence-electron chi connectivity index (χ4n) is 2.76. The molecule has 0 radical (unpaired) electrons. The van der Waals surface area contributed by atoms with E-state index in [1.54, 1.807) is 0 Å². The maximum atomic E-state index is 5.54. The minimum Gasteiger partial charge on any atom is -0.120 e. The van der Waals surface area contributed by atoms with Crippen LogP contribution in [0.1, 0.15) is 26.2 Å². The van der Waals surface area contributed by atoms with Crippen molar-refractivity contribution in [2.75, 3.05) is 0 Å². The number of allylic oxidation sites excluding steroid dienone is 8. The second-order valence-corrected chi connectivity index (χ2v) is 6.09. The number of benzene rings is 1. The van der Waals surface area contributed by atoms with Gasteiger partial charge in [-0.15, -0.1) is 12.3 Å². The molecule has 1 aromatic rings. The summed E-state index contributed by atoms with van der Waals surface area (Å²) in [5.74, 6) is 2.82. The van der Waals surface area contributed by atoms with Crippen LogP contribution in [-0.2, 0) is 26.2 Å². The largest absolute Gasteiger partial charge is 0.120 e. The molecule has 0 heterocycles. The van der Waals surface area contributed by atoms with Gasteiger partial charge in [0.05, 0.1) is 0 Å². The molecule has 0 N–H and O–H groups in total. The summed E-state index contributed by atoms with van der Waals surface area (Å²) in [6, 6.07) is 9.44. The van der Waals surface area contributed by atoms with Crippen LogP contribution >= 0.6 is 11.6 Å². The van der Waals surface area contributed by atoms with Crippen LogP contribution in [0.5, 0.6) is 0 Å². The van der Waals surface area contributed by atoms with Crippen molar-refractivity contribution in [3.8, 4) is 12.3 Å². The average molecular weight is 400 g/mol. The summed E-state index contributed by atoms with van der Waals surface area (Å²) in [5, 5.41) is 0.794. The molecule has 0 fully saturated rings. The second-order valence-electron chi connectivity index (χ2n) is 5.66. The molecule has 0 saturated carbocycles. The number of terminal acetylenes is 1. The van der Waals surface area contributed by atoms with Gasteiger partial charge in [-0.25, -0.2) is 0 Å². The van der Waals surface area contributed by atoms with Crippen LogP contribution < -0.4 is 0 Å². The van der Waals surface area contributed by atoms with Crippen molar-refractivity contribution in [1.29, 1.82) is 0 Å². The molecule has 2 aliphatic rings. The van der Waals surface area contributed by atoms with Crippen LogP contribution in [-0.4, -0.2) is 0 Å². The Bertz CT molecular complexity index is 627. The molecular formula is C21H21ClZr. The van der Waals surface area contributed by atoms with Crippen molar-refractivity contribution in [2.24, 2.45) is 5.41 Å². The summed E-state index contributed by atoms with van der Waals surface area (Å²) in [6.07, 6.45) is 21.5. The van der Waals surface area contributed by atoms with Crippen LogP contribution in [0.25, 0.3) is 0 Å². The third-order valence-corrected chi connectivity index (χ3v) is 4.40. The quantitative estimate of drug-likeness (QED) is 0.536. The van der Waals surface area contributed by atoms with Gasteiger partial charge < -0.3 is 0 Å². The fraction of sp³-hybridized carbons (Fsp3) is 0.238. The average Bonchev–Trinajstić information content (AvgIpc) is 3.23. The van der Waals surface area contributed by atoms with E-state index in [1.807, 2.05) is 30.3 Å². The SMILES string of the molecule is C#CCC(C)(C1=CC=CC1)C1=CC=CC1.Clc1ccccc1.[Zr]. The molecule has 1 aromatic carbocycles. The molecule has 3 rings (SSSR count). The summed E-state index contributed by atoms with van der Waals surface area (Å²) in [5.41, 5.74) is 2.98. The van der Waals surface area contributed by atoms with Crippen molar-refractivity contribution in [3.63, 3.8) is 0 Å². The molecule has 23 heavy (non-hydrogen) atoms. The van der Waals surface area contributed by atoms with E-state index in [0.717, 1.165) is 24.3 Å². The van der Waals surface area contributed by atoms with Crippen LogP contribution in [0.4, 0.5) is 0 Å². The van der Waals surface area contributed by atoms with E-state index >= 15 is 0 Å². The molecule has 2 heteroatoms. The summed E-state index contributed by atoms with van der Waals surface area (Å²) >= 11 is 5.54. The van der Waals surface area contributed by atoms with E-state index in [1.165, 1.54) is 11.1 Å². The summed E-state index contributed by atoms with van der Waals surface area (Å²) < 4.78 is 0. The first-order valence-electron chi connectivity index (χ1n) is 7.53. The summed E-state index contributed by atoms with van der Waals surface area (Å²) in [4.78, 5) is 0. The standard InChI is InChI=1S/C15H16.C6H5Cl.Zr/c1-3-12-15(2,13-8-4-5-9-13)14-10-6-7-11-14;7-6-4-2-1-3-5-6;/h1,4-8,10H,9,11-12H2,2H3;1-5H;. The fourth-order valence-corrected chi connectivity index (χ4v) is 2.91. The monoisotopic (exact) mass is 398 g/mol. The van der Waals surface area contributed by atoms with E-state index in [4.69, 9.17) is 18.0 Å². The molecule has 0 spiro atoms. The molecule has 0 unspecified atom stereocenters. The number of halogens is 1. The molecule has 0 bridgehead atoms. The smallest absolute Gasteiger partial charge is 0.0405 e. The predicted molar refractivity (Wildman–Crippen MR) is 96.7 cm³/mol. The topological polar surface area (TPSA) is 0 Å². The maximum absolute atomic E-state index is 5.54. The molecular weight excluding hydrogens is 379 g/mol. The zero-order valence-corrected chi connectivity index (χ0v) is 16.6. The maximum Gasteiger partial charge on any atom is 0.0405 e. The van der Waals surface area contributed by atoms with Crippen LogP contribution in [0.15, 0.2) is 77.9 Å². The molecule has 0 aliphatic heterocycles. The molecule has 0 amide bonds. The minimum absolute atomic E-state index is 0. The van der Waals surface area contributed by atoms with Crippen molar-refractivity contribution >= 4 is 11.6 Å². The zero-order valence-electron chi connectivity index (χ0n) is 13.4. The van der Waals surface area contributed by atoms with Gasteiger partial charge in [-0.2, -0.15) is 0 Å². The Hall–Kier alpha value is -1.09. The van der Waals surface area contributed by atoms with Gasteiger partial charge in [0.2, 0.25) is 0 Å². The normalized spacial score (nSPS) is 15.0. The molecule has 116 valence electrons. The summed E-state index contributed by atoms with van der Waals surface area (Å²) in [6.45, 7) is 2.27. The second kappa shape index (κ2) is 9.92. The first-order valence-corrected chi connectivity index (χ1v) is 7.91. The van der Waals surface area contributed by atoms with Gasteiger partial charge in [0.1, 0.15) is 0 Å². The van der Waals surface area contributed by atoms with Crippen molar-refractivity contribution in [2.45, 2.75) is 26.2 Å². The van der Waals surface area contributed by atoms with Gasteiger partial charge in [-0.3, -0.25) is 0 Å². The van der Waals surface area contributed by atoms with Crippen LogP contribution in [0.3, 0.4) is 0 Å². The van der Waals surface area contributed by atoms with Gasteiger partial charge >= 0.3 is 0 Å². The third-order valence-electron chi connectivity index (χ3n) is 4.15. The molecule has 0 nitrogen and oxygen atoms in total. The Balaban J connectivity index is 0.000000280. The minimum atomic E-state index is 0. The first-order chi connectivity index (χ1) is 10.7. The van der Waals surface area contributed by atoms with Crippen molar-refractivity contribution in [1.82, 2.24) is 0 Å². The summed E-state index contributed by atoms with van der Waals surface area (Å²) in [7, 11) is 0. The number of hydrogen-bond donors (Lipinski definition) is 0. The van der Waals surface area contributed by atoms with Gasteiger partial charge in [-0.05, 0) is 25.0 Å². The molecule has 0 atom stereocenters. The first kappa shape index (κ1) is 20.0. The van der Waals surface area contributed by atoms with Crippen LogP contribution in [0.2, 0.25) is 5.02 Å². The van der Waals surface area contributed by atoms with E-state index < -0.39 is 0 Å². The molecule has 0 aromatic heterocycles. The van der Waals surface area contributed by atoms with E-state index in [9.17, 15) is 0 Å². The predicted octanol–water partition coefficient (Wildman–Crippen LogP) is 6.13. The molecule has 2 aliphatic carbocycles. The number of rotatable bonds is 3. The zero-order chi connectivity index (χ0) is 15.8. The Morgan fingerprint density at radius 2 is 1.57 bits per heavy atom. The Morgan fingerprint density at radius 1 is 1.04 bits per heavy atom. The van der Waals surface area contributed by atoms with E-state index in [2.05, 4.69) is 49.3 Å². The Kier molecular flexibility index (Phi) is 8.61. The molecule has 0 saturated heterocycles. The van der Waals surface area contributed by atoms with Crippen molar-refractivity contribution < 1.29 is 26.2 Å². The van der Waals surface area contributed by atoms with Gasteiger partial charge in [0, 0.05) is 43.1 Å². The van der Waals surface area contributed by atoms with Gasteiger partial charge in [-0.1, -0.05) is 84.3 Å². The Morgan fingerprint density at radius 3 is 1.87 bits per heavy atom. The van der Waals surface area contributed by atoms with E-state index in [0.29, 0.717) is 0 Å². The van der Waals surface area contributed by atoms with Crippen LogP contribution in [0, 0.1) is 17.8 Å². The van der Waals surface area contributed by atoms with E-state index in [-0.39, 0.29) is 31.6 Å². The number of hydrogen-bond acceptors (Lipinski definition) is 0.